The molecular formula is C26H31FN10O. The zero-order chi connectivity index (χ0) is 26.4. The van der Waals surface area contributed by atoms with E-state index in [0.717, 1.165) is 55.4 Å². The van der Waals surface area contributed by atoms with Crippen LogP contribution in [-0.2, 0) is 7.05 Å². The lowest BCUT2D eigenvalue weighted by Crippen LogP contribution is -2.56. The second kappa shape index (κ2) is 9.79. The molecule has 0 spiro atoms. The number of nitrogens with zero attached hydrogens (tertiary/aromatic N) is 9. The molecule has 2 saturated heterocycles. The van der Waals surface area contributed by atoms with Crippen LogP contribution in [0.5, 0.6) is 0 Å². The number of hydrogen-bond acceptors (Lipinski definition) is 9. The van der Waals surface area contributed by atoms with Gasteiger partial charge in [-0.15, -0.1) is 0 Å². The summed E-state index contributed by atoms with van der Waals surface area (Å²) < 4.78 is 17.6. The number of piperidine rings is 2. The summed E-state index contributed by atoms with van der Waals surface area (Å²) in [6.07, 6.45) is 9.05. The molecule has 3 aliphatic rings. The van der Waals surface area contributed by atoms with Crippen molar-refractivity contribution in [3.8, 4) is 11.8 Å². The lowest BCUT2D eigenvalue weighted by Gasteiger charge is -2.47. The van der Waals surface area contributed by atoms with Gasteiger partial charge < -0.3 is 10.2 Å². The van der Waals surface area contributed by atoms with Gasteiger partial charge in [-0.3, -0.25) is 4.90 Å². The van der Waals surface area contributed by atoms with E-state index < -0.39 is 11.5 Å². The van der Waals surface area contributed by atoms with E-state index in [9.17, 15) is 10.1 Å². The van der Waals surface area contributed by atoms with Crippen molar-refractivity contribution in [3.05, 3.63) is 45.8 Å². The molecule has 1 aliphatic carbocycles. The third kappa shape index (κ3) is 4.41. The summed E-state index contributed by atoms with van der Waals surface area (Å²) in [6.45, 7) is 2.23. The van der Waals surface area contributed by atoms with E-state index in [0.29, 0.717) is 23.1 Å². The fourth-order valence-corrected chi connectivity index (χ4v) is 5.98. The molecule has 1 aromatic carbocycles. The summed E-state index contributed by atoms with van der Waals surface area (Å²) in [5, 5.41) is 20.6. The molecule has 12 heteroatoms. The van der Waals surface area contributed by atoms with Crippen LogP contribution in [0.1, 0.15) is 62.0 Å². The second-order valence-electron chi connectivity index (χ2n) is 10.5. The van der Waals surface area contributed by atoms with E-state index in [1.807, 2.05) is 7.05 Å². The monoisotopic (exact) mass is 518 g/mol. The highest BCUT2D eigenvalue weighted by Crippen LogP contribution is 2.44. The van der Waals surface area contributed by atoms with Gasteiger partial charge in [-0.25, -0.2) is 14.2 Å². The first kappa shape index (κ1) is 24.5. The van der Waals surface area contributed by atoms with Crippen molar-refractivity contribution in [3.63, 3.8) is 0 Å². The van der Waals surface area contributed by atoms with Crippen molar-refractivity contribution >= 4 is 17.5 Å². The summed E-state index contributed by atoms with van der Waals surface area (Å²) in [4.78, 5) is 26.2. The molecule has 0 unspecified atom stereocenters. The van der Waals surface area contributed by atoms with Crippen molar-refractivity contribution in [2.75, 3.05) is 30.4 Å². The number of halogens is 1. The molecule has 3 fully saturated rings. The molecule has 2 aliphatic heterocycles. The SMILES string of the molecule is CN(c1nc(Nc2cc(-n3nnn(C)c3=O)c(C3CC3)cc2F)ncc1C#N)[C@H]1CCCN2CCCC[C@H]12. The molecule has 0 radical (unpaired) electrons. The van der Waals surface area contributed by atoms with Crippen molar-refractivity contribution < 1.29 is 4.39 Å². The summed E-state index contributed by atoms with van der Waals surface area (Å²) in [5.74, 6) is 0.421. The number of fused-ring (bicyclic) bond motifs is 1. The molecule has 1 N–H and O–H groups in total. The fraction of sp³-hybridized carbons (Fsp3) is 0.538. The van der Waals surface area contributed by atoms with Crippen molar-refractivity contribution in [2.45, 2.75) is 62.9 Å². The number of anilines is 3. The average molecular weight is 519 g/mol. The van der Waals surface area contributed by atoms with Crippen LogP contribution in [0.2, 0.25) is 0 Å². The number of aryl methyl sites for hydroxylation is 1. The van der Waals surface area contributed by atoms with Gasteiger partial charge in [0.05, 0.1) is 17.6 Å². The van der Waals surface area contributed by atoms with E-state index in [2.05, 4.69) is 41.6 Å². The summed E-state index contributed by atoms with van der Waals surface area (Å²) in [5.41, 5.74) is 1.30. The van der Waals surface area contributed by atoms with Gasteiger partial charge in [0.1, 0.15) is 17.4 Å². The quantitative estimate of drug-likeness (QED) is 0.525. The van der Waals surface area contributed by atoms with Gasteiger partial charge in [0, 0.05) is 26.2 Å². The van der Waals surface area contributed by atoms with E-state index in [-0.39, 0.29) is 23.6 Å². The molecular weight excluding hydrogens is 487 g/mol. The second-order valence-corrected chi connectivity index (χ2v) is 10.5. The van der Waals surface area contributed by atoms with Crippen LogP contribution in [-0.4, -0.2) is 66.9 Å². The van der Waals surface area contributed by atoms with Gasteiger partial charge in [0.2, 0.25) is 5.95 Å². The first-order valence-corrected chi connectivity index (χ1v) is 13.3. The Balaban J connectivity index is 1.34. The van der Waals surface area contributed by atoms with Gasteiger partial charge >= 0.3 is 5.69 Å². The van der Waals surface area contributed by atoms with Crippen LogP contribution >= 0.6 is 0 Å². The summed E-state index contributed by atoms with van der Waals surface area (Å²) in [7, 11) is 3.51. The number of tetrazole rings is 1. The lowest BCUT2D eigenvalue weighted by atomic mass is 9.88. The van der Waals surface area contributed by atoms with E-state index in [1.54, 1.807) is 6.07 Å². The molecule has 1 saturated carbocycles. The Bertz CT molecular complexity index is 1450. The van der Waals surface area contributed by atoms with Crippen LogP contribution in [0.25, 0.3) is 5.69 Å². The number of rotatable bonds is 6. The number of nitriles is 1. The first-order chi connectivity index (χ1) is 18.4. The van der Waals surface area contributed by atoms with Gasteiger partial charge in [-0.05, 0) is 85.7 Å². The molecule has 4 heterocycles. The van der Waals surface area contributed by atoms with Gasteiger partial charge in [0.15, 0.2) is 5.82 Å². The van der Waals surface area contributed by atoms with Crippen molar-refractivity contribution in [1.82, 2.24) is 34.7 Å². The molecule has 2 atom stereocenters. The molecule has 198 valence electrons. The Labute approximate surface area is 219 Å². The van der Waals surface area contributed by atoms with E-state index in [4.69, 9.17) is 0 Å². The third-order valence-corrected chi connectivity index (χ3v) is 8.10. The van der Waals surface area contributed by atoms with Crippen LogP contribution < -0.4 is 15.9 Å². The maximum atomic E-state index is 15.3. The number of likely N-dealkylation sites (N-methyl/N-ethyl adjacent to an activating group) is 1. The van der Waals surface area contributed by atoms with Gasteiger partial charge in [-0.2, -0.15) is 19.6 Å². The van der Waals surface area contributed by atoms with E-state index in [1.165, 1.54) is 36.8 Å². The fourth-order valence-electron chi connectivity index (χ4n) is 5.98. The number of hydrogen-bond donors (Lipinski definition) is 1. The van der Waals surface area contributed by atoms with Crippen LogP contribution in [0.3, 0.4) is 0 Å². The zero-order valence-electron chi connectivity index (χ0n) is 21.6. The van der Waals surface area contributed by atoms with Crippen LogP contribution in [0.15, 0.2) is 23.1 Å². The zero-order valence-corrected chi connectivity index (χ0v) is 21.6. The minimum Gasteiger partial charge on any atom is -0.354 e. The maximum absolute atomic E-state index is 15.3. The Kier molecular flexibility index (Phi) is 6.31. The molecule has 6 rings (SSSR count). The Morgan fingerprint density at radius 2 is 1.95 bits per heavy atom. The minimum atomic E-state index is -0.472. The normalized spacial score (nSPS) is 21.5. The number of aromatic nitrogens is 6. The van der Waals surface area contributed by atoms with E-state index >= 15 is 4.39 Å². The predicted molar refractivity (Wildman–Crippen MR) is 139 cm³/mol. The summed E-state index contributed by atoms with van der Waals surface area (Å²) in [6, 6.07) is 5.90. The summed E-state index contributed by atoms with van der Waals surface area (Å²) >= 11 is 0. The molecule has 38 heavy (non-hydrogen) atoms. The molecule has 11 nitrogen and oxygen atoms in total. The van der Waals surface area contributed by atoms with Crippen LogP contribution in [0, 0.1) is 17.1 Å². The highest BCUT2D eigenvalue weighted by atomic mass is 19.1. The Hall–Kier alpha value is -3.85. The smallest absolute Gasteiger partial charge is 0.354 e. The van der Waals surface area contributed by atoms with Gasteiger partial charge in [-0.1, -0.05) is 6.42 Å². The van der Waals surface area contributed by atoms with Crippen LogP contribution in [0.4, 0.5) is 21.8 Å². The number of benzene rings is 1. The Morgan fingerprint density at radius 3 is 2.68 bits per heavy atom. The highest BCUT2D eigenvalue weighted by Gasteiger charge is 2.36. The first-order valence-electron chi connectivity index (χ1n) is 13.3. The third-order valence-electron chi connectivity index (χ3n) is 8.10. The lowest BCUT2D eigenvalue weighted by molar-refractivity contribution is 0.0893. The topological polar surface area (TPSA) is 121 Å². The van der Waals surface area contributed by atoms with Gasteiger partial charge in [0.25, 0.3) is 0 Å². The highest BCUT2D eigenvalue weighted by molar-refractivity contribution is 5.64. The number of nitrogens with one attached hydrogen (secondary N) is 1. The largest absolute Gasteiger partial charge is 0.368 e. The van der Waals surface area contributed by atoms with Crippen molar-refractivity contribution in [1.29, 1.82) is 5.26 Å². The average Bonchev–Trinajstić information content (AvgIpc) is 3.73. The Morgan fingerprint density at radius 1 is 1.13 bits per heavy atom. The molecule has 0 amide bonds. The molecule has 2 aromatic heterocycles. The minimum absolute atomic E-state index is 0.122. The molecule has 0 bridgehead atoms. The molecule has 3 aromatic rings. The van der Waals surface area contributed by atoms with Crippen molar-refractivity contribution in [2.24, 2.45) is 7.05 Å². The predicted octanol–water partition coefficient (Wildman–Crippen LogP) is 2.84. The maximum Gasteiger partial charge on any atom is 0.368 e. The standard InChI is InChI=1S/C26H31FN10O/c1-34(21-7-5-11-36-10-4-3-6-22(21)36)24-17(14-28)15-29-25(31-24)30-20-13-23(37-26(38)35(2)32-33-37)18(12-19(20)27)16-8-9-16/h12-13,15-16,21-22H,3-11H2,1-2H3,(H,29,30,31)/t21-,22+/m0/s1.